The number of nitrogens with one attached hydrogen (secondary N) is 1. The quantitative estimate of drug-likeness (QED) is 0.820. The normalized spacial score (nSPS) is 10.9. The highest BCUT2D eigenvalue weighted by atomic mass is 15.2. The minimum absolute atomic E-state index is 0.621. The minimum atomic E-state index is 0.621. The van der Waals surface area contributed by atoms with Gasteiger partial charge in [0.05, 0.1) is 0 Å². The van der Waals surface area contributed by atoms with E-state index in [1.165, 1.54) is 0 Å². The van der Waals surface area contributed by atoms with E-state index in [9.17, 15) is 0 Å². The first kappa shape index (κ1) is 13.9. The van der Waals surface area contributed by atoms with Crippen molar-refractivity contribution in [2.45, 2.75) is 34.2 Å². The van der Waals surface area contributed by atoms with Gasteiger partial charge >= 0.3 is 0 Å². The summed E-state index contributed by atoms with van der Waals surface area (Å²) in [6, 6.07) is 0. The van der Waals surface area contributed by atoms with E-state index in [2.05, 4.69) is 41.0 Å². The molecular formula is C13H24N4. The molecule has 0 aliphatic rings. The summed E-state index contributed by atoms with van der Waals surface area (Å²) in [7, 11) is 1.93. The SMILES string of the molecule is CCN(CC(C)C)c1ncc(CNC)c(C)n1. The average molecular weight is 236 g/mol. The van der Waals surface area contributed by atoms with Gasteiger partial charge in [-0.15, -0.1) is 0 Å². The Hall–Kier alpha value is -1.16. The summed E-state index contributed by atoms with van der Waals surface area (Å²) in [6.45, 7) is 11.4. The van der Waals surface area contributed by atoms with Gasteiger partial charge in [-0.3, -0.25) is 0 Å². The van der Waals surface area contributed by atoms with Crippen molar-refractivity contribution in [3.63, 3.8) is 0 Å². The Morgan fingerprint density at radius 1 is 1.41 bits per heavy atom. The standard InChI is InChI=1S/C13H24N4/c1-6-17(9-10(2)3)13-15-8-12(7-14-5)11(4)16-13/h8,10,14H,6-7,9H2,1-5H3. The molecule has 4 heteroatoms. The molecule has 1 rings (SSSR count). The van der Waals surface area contributed by atoms with Crippen LogP contribution in [0.2, 0.25) is 0 Å². The van der Waals surface area contributed by atoms with Gasteiger partial charge in [-0.25, -0.2) is 9.97 Å². The van der Waals surface area contributed by atoms with Crippen molar-refractivity contribution < 1.29 is 0 Å². The van der Waals surface area contributed by atoms with E-state index in [0.717, 1.165) is 36.8 Å². The van der Waals surface area contributed by atoms with E-state index >= 15 is 0 Å². The number of aryl methyl sites for hydroxylation is 1. The van der Waals surface area contributed by atoms with Crippen LogP contribution in [0.15, 0.2) is 6.20 Å². The number of aromatic nitrogens is 2. The summed E-state index contributed by atoms with van der Waals surface area (Å²) in [6.07, 6.45) is 1.93. The predicted octanol–water partition coefficient (Wildman–Crippen LogP) is 1.99. The van der Waals surface area contributed by atoms with Crippen LogP contribution in [-0.4, -0.2) is 30.1 Å². The molecule has 1 aromatic rings. The molecule has 1 N–H and O–H groups in total. The minimum Gasteiger partial charge on any atom is -0.341 e. The van der Waals surface area contributed by atoms with E-state index in [-0.39, 0.29) is 0 Å². The third kappa shape index (κ3) is 3.97. The van der Waals surface area contributed by atoms with Crippen LogP contribution in [0.3, 0.4) is 0 Å². The Bertz CT molecular complexity index is 349. The first-order valence-corrected chi connectivity index (χ1v) is 6.30. The number of hydrogen-bond acceptors (Lipinski definition) is 4. The Morgan fingerprint density at radius 2 is 2.12 bits per heavy atom. The fraction of sp³-hybridized carbons (Fsp3) is 0.692. The maximum absolute atomic E-state index is 4.59. The lowest BCUT2D eigenvalue weighted by molar-refractivity contribution is 0.607. The average Bonchev–Trinajstić information content (AvgIpc) is 2.28. The molecule has 0 unspecified atom stereocenters. The van der Waals surface area contributed by atoms with Crippen molar-refractivity contribution in [3.05, 3.63) is 17.5 Å². The maximum Gasteiger partial charge on any atom is 0.225 e. The van der Waals surface area contributed by atoms with Crippen molar-refractivity contribution in [1.29, 1.82) is 0 Å². The second-order valence-corrected chi connectivity index (χ2v) is 4.74. The molecule has 0 saturated carbocycles. The topological polar surface area (TPSA) is 41.1 Å². The summed E-state index contributed by atoms with van der Waals surface area (Å²) in [5, 5.41) is 3.13. The maximum atomic E-state index is 4.59. The van der Waals surface area contributed by atoms with Crippen LogP contribution in [0.25, 0.3) is 0 Å². The molecule has 0 aliphatic heterocycles. The first-order valence-electron chi connectivity index (χ1n) is 6.30. The molecule has 96 valence electrons. The Morgan fingerprint density at radius 3 is 2.59 bits per heavy atom. The molecule has 0 aromatic carbocycles. The van der Waals surface area contributed by atoms with Gasteiger partial charge in [0.1, 0.15) is 0 Å². The number of rotatable bonds is 6. The third-order valence-electron chi connectivity index (χ3n) is 2.69. The van der Waals surface area contributed by atoms with Gasteiger partial charge in [0.25, 0.3) is 0 Å². The van der Waals surface area contributed by atoms with Crippen LogP contribution in [0.4, 0.5) is 5.95 Å². The number of hydrogen-bond donors (Lipinski definition) is 1. The summed E-state index contributed by atoms with van der Waals surface area (Å²) in [4.78, 5) is 11.3. The summed E-state index contributed by atoms with van der Waals surface area (Å²) in [5.41, 5.74) is 2.23. The Labute approximate surface area is 104 Å². The summed E-state index contributed by atoms with van der Waals surface area (Å²) < 4.78 is 0. The first-order chi connectivity index (χ1) is 8.08. The predicted molar refractivity (Wildman–Crippen MR) is 72.3 cm³/mol. The largest absolute Gasteiger partial charge is 0.341 e. The fourth-order valence-corrected chi connectivity index (χ4v) is 1.79. The second kappa shape index (κ2) is 6.55. The molecule has 0 saturated heterocycles. The second-order valence-electron chi connectivity index (χ2n) is 4.74. The molecule has 1 aromatic heterocycles. The van der Waals surface area contributed by atoms with E-state index < -0.39 is 0 Å². The monoisotopic (exact) mass is 236 g/mol. The Kier molecular flexibility index (Phi) is 5.35. The van der Waals surface area contributed by atoms with Crippen LogP contribution >= 0.6 is 0 Å². The molecule has 0 fully saturated rings. The van der Waals surface area contributed by atoms with Crippen molar-refractivity contribution in [2.24, 2.45) is 5.92 Å². The highest BCUT2D eigenvalue weighted by Gasteiger charge is 2.10. The summed E-state index contributed by atoms with van der Waals surface area (Å²) >= 11 is 0. The molecule has 0 spiro atoms. The van der Waals surface area contributed by atoms with Crippen molar-refractivity contribution in [2.75, 3.05) is 25.0 Å². The van der Waals surface area contributed by atoms with Gasteiger partial charge in [0.15, 0.2) is 0 Å². The molecular weight excluding hydrogens is 212 g/mol. The zero-order chi connectivity index (χ0) is 12.8. The molecule has 0 atom stereocenters. The van der Waals surface area contributed by atoms with E-state index in [1.54, 1.807) is 0 Å². The van der Waals surface area contributed by atoms with Crippen LogP contribution < -0.4 is 10.2 Å². The van der Waals surface area contributed by atoms with Crippen molar-refractivity contribution >= 4 is 5.95 Å². The molecule has 4 nitrogen and oxygen atoms in total. The lowest BCUT2D eigenvalue weighted by Gasteiger charge is -2.23. The van der Waals surface area contributed by atoms with E-state index in [0.29, 0.717) is 5.92 Å². The molecule has 0 bridgehead atoms. The van der Waals surface area contributed by atoms with Gasteiger partial charge in [0, 0.05) is 37.1 Å². The molecule has 0 amide bonds. The molecule has 0 aliphatic carbocycles. The third-order valence-corrected chi connectivity index (χ3v) is 2.69. The van der Waals surface area contributed by atoms with Crippen molar-refractivity contribution in [3.8, 4) is 0 Å². The van der Waals surface area contributed by atoms with E-state index in [4.69, 9.17) is 0 Å². The van der Waals surface area contributed by atoms with Crippen LogP contribution in [0, 0.1) is 12.8 Å². The number of anilines is 1. The fourth-order valence-electron chi connectivity index (χ4n) is 1.79. The van der Waals surface area contributed by atoms with E-state index in [1.807, 2.05) is 20.2 Å². The lowest BCUT2D eigenvalue weighted by atomic mass is 10.2. The number of nitrogens with zero attached hydrogens (tertiary/aromatic N) is 3. The highest BCUT2D eigenvalue weighted by Crippen LogP contribution is 2.12. The highest BCUT2D eigenvalue weighted by molar-refractivity contribution is 5.32. The lowest BCUT2D eigenvalue weighted by Crippen LogP contribution is -2.29. The summed E-state index contributed by atoms with van der Waals surface area (Å²) in [5.74, 6) is 1.47. The van der Waals surface area contributed by atoms with Gasteiger partial charge in [-0.1, -0.05) is 13.8 Å². The van der Waals surface area contributed by atoms with Gasteiger partial charge in [-0.05, 0) is 26.8 Å². The molecule has 0 radical (unpaired) electrons. The van der Waals surface area contributed by atoms with Crippen LogP contribution in [0.1, 0.15) is 32.0 Å². The molecule has 17 heavy (non-hydrogen) atoms. The van der Waals surface area contributed by atoms with Crippen molar-refractivity contribution in [1.82, 2.24) is 15.3 Å². The van der Waals surface area contributed by atoms with Gasteiger partial charge in [0.2, 0.25) is 5.95 Å². The smallest absolute Gasteiger partial charge is 0.225 e. The Balaban J connectivity index is 2.86. The van der Waals surface area contributed by atoms with Crippen LogP contribution in [0.5, 0.6) is 0 Å². The van der Waals surface area contributed by atoms with Gasteiger partial charge < -0.3 is 10.2 Å². The molecule has 1 heterocycles. The van der Waals surface area contributed by atoms with Crippen LogP contribution in [-0.2, 0) is 6.54 Å². The van der Waals surface area contributed by atoms with Gasteiger partial charge in [-0.2, -0.15) is 0 Å². The zero-order valence-electron chi connectivity index (χ0n) is 11.6. The zero-order valence-corrected chi connectivity index (χ0v) is 11.6.